The SMILES string of the molecule is CCC(CC)N(Cc1cc(OC)ccc1Br)CC(C)C. The highest BCUT2D eigenvalue weighted by Gasteiger charge is 2.18. The lowest BCUT2D eigenvalue weighted by Gasteiger charge is -2.32. The van der Waals surface area contributed by atoms with Crippen molar-refractivity contribution in [1.82, 2.24) is 4.90 Å². The summed E-state index contributed by atoms with van der Waals surface area (Å²) in [5.74, 6) is 1.61. The van der Waals surface area contributed by atoms with E-state index in [1.54, 1.807) is 7.11 Å². The Morgan fingerprint density at radius 2 is 1.85 bits per heavy atom. The van der Waals surface area contributed by atoms with E-state index in [0.717, 1.165) is 23.3 Å². The second kappa shape index (κ2) is 8.68. The van der Waals surface area contributed by atoms with Crippen molar-refractivity contribution in [3.63, 3.8) is 0 Å². The molecule has 1 aromatic rings. The Bertz CT molecular complexity index is 402. The zero-order valence-electron chi connectivity index (χ0n) is 13.4. The Balaban J connectivity index is 2.93. The van der Waals surface area contributed by atoms with Gasteiger partial charge < -0.3 is 4.74 Å². The Kier molecular flexibility index (Phi) is 7.60. The number of nitrogens with zero attached hydrogens (tertiary/aromatic N) is 1. The number of benzene rings is 1. The van der Waals surface area contributed by atoms with Crippen molar-refractivity contribution in [3.8, 4) is 5.75 Å². The molecule has 0 aliphatic carbocycles. The van der Waals surface area contributed by atoms with Crippen molar-refractivity contribution in [3.05, 3.63) is 28.2 Å². The van der Waals surface area contributed by atoms with Crippen LogP contribution in [0.1, 0.15) is 46.1 Å². The van der Waals surface area contributed by atoms with Crippen LogP contribution in [0.5, 0.6) is 5.75 Å². The fourth-order valence-electron chi connectivity index (χ4n) is 2.63. The minimum atomic E-state index is 0.649. The van der Waals surface area contributed by atoms with Gasteiger partial charge in [-0.25, -0.2) is 0 Å². The van der Waals surface area contributed by atoms with Crippen LogP contribution in [0.4, 0.5) is 0 Å². The molecule has 0 bridgehead atoms. The molecular weight excluding hydrogens is 314 g/mol. The monoisotopic (exact) mass is 341 g/mol. The molecule has 0 saturated heterocycles. The Labute approximate surface area is 132 Å². The smallest absolute Gasteiger partial charge is 0.119 e. The zero-order valence-corrected chi connectivity index (χ0v) is 15.0. The molecule has 2 nitrogen and oxygen atoms in total. The molecule has 0 radical (unpaired) electrons. The van der Waals surface area contributed by atoms with E-state index in [0.29, 0.717) is 12.0 Å². The van der Waals surface area contributed by atoms with Crippen LogP contribution >= 0.6 is 15.9 Å². The summed E-state index contributed by atoms with van der Waals surface area (Å²) in [5.41, 5.74) is 1.30. The minimum Gasteiger partial charge on any atom is -0.497 e. The second-order valence-corrected chi connectivity index (χ2v) is 6.61. The van der Waals surface area contributed by atoms with Crippen LogP contribution < -0.4 is 4.74 Å². The fraction of sp³-hybridized carbons (Fsp3) is 0.647. The van der Waals surface area contributed by atoms with Gasteiger partial charge in [-0.15, -0.1) is 0 Å². The van der Waals surface area contributed by atoms with Crippen LogP contribution in [0, 0.1) is 5.92 Å². The van der Waals surface area contributed by atoms with Gasteiger partial charge >= 0.3 is 0 Å². The summed E-state index contributed by atoms with van der Waals surface area (Å²) >= 11 is 3.67. The number of hydrogen-bond donors (Lipinski definition) is 0. The van der Waals surface area contributed by atoms with Gasteiger partial charge in [0, 0.05) is 23.6 Å². The lowest BCUT2D eigenvalue weighted by Crippen LogP contribution is -2.36. The van der Waals surface area contributed by atoms with E-state index < -0.39 is 0 Å². The average Bonchev–Trinajstić information content (AvgIpc) is 2.41. The lowest BCUT2D eigenvalue weighted by molar-refractivity contribution is 0.157. The summed E-state index contributed by atoms with van der Waals surface area (Å²) in [6.07, 6.45) is 2.40. The van der Waals surface area contributed by atoms with Gasteiger partial charge in [0.1, 0.15) is 5.75 Å². The summed E-state index contributed by atoms with van der Waals surface area (Å²) in [6, 6.07) is 6.86. The maximum atomic E-state index is 5.35. The Morgan fingerprint density at radius 1 is 1.20 bits per heavy atom. The van der Waals surface area contributed by atoms with Gasteiger partial charge in [-0.3, -0.25) is 4.90 Å². The standard InChI is InChI=1S/C17H28BrNO/c1-6-15(7-2)19(11-13(3)4)12-14-10-16(20-5)8-9-17(14)18/h8-10,13,15H,6-7,11-12H2,1-5H3. The molecule has 0 aromatic heterocycles. The summed E-state index contributed by atoms with van der Waals surface area (Å²) in [4.78, 5) is 2.60. The van der Waals surface area contributed by atoms with Crippen molar-refractivity contribution in [2.24, 2.45) is 5.92 Å². The van der Waals surface area contributed by atoms with Crippen molar-refractivity contribution >= 4 is 15.9 Å². The van der Waals surface area contributed by atoms with E-state index in [9.17, 15) is 0 Å². The molecule has 0 saturated carbocycles. The van der Waals surface area contributed by atoms with Crippen molar-refractivity contribution in [1.29, 1.82) is 0 Å². The van der Waals surface area contributed by atoms with Crippen LogP contribution in [0.25, 0.3) is 0 Å². The van der Waals surface area contributed by atoms with Gasteiger partial charge in [0.25, 0.3) is 0 Å². The third kappa shape index (κ3) is 5.10. The third-order valence-corrected chi connectivity index (χ3v) is 4.46. The number of halogens is 1. The molecule has 1 aromatic carbocycles. The van der Waals surface area contributed by atoms with Crippen LogP contribution in [-0.2, 0) is 6.54 Å². The highest BCUT2D eigenvalue weighted by molar-refractivity contribution is 9.10. The van der Waals surface area contributed by atoms with Gasteiger partial charge in [0.2, 0.25) is 0 Å². The first-order valence-electron chi connectivity index (χ1n) is 7.58. The molecule has 0 N–H and O–H groups in total. The molecule has 0 fully saturated rings. The summed E-state index contributed by atoms with van der Waals surface area (Å²) in [6.45, 7) is 11.2. The Morgan fingerprint density at radius 3 is 2.35 bits per heavy atom. The molecule has 0 spiro atoms. The number of methoxy groups -OCH3 is 1. The highest BCUT2D eigenvalue weighted by Crippen LogP contribution is 2.25. The minimum absolute atomic E-state index is 0.649. The van der Waals surface area contributed by atoms with E-state index in [-0.39, 0.29) is 0 Å². The van der Waals surface area contributed by atoms with Crippen LogP contribution in [0.15, 0.2) is 22.7 Å². The van der Waals surface area contributed by atoms with E-state index in [2.05, 4.69) is 60.7 Å². The predicted octanol–water partition coefficient (Wildman–Crippen LogP) is 5.10. The van der Waals surface area contributed by atoms with Gasteiger partial charge in [-0.05, 0) is 42.5 Å². The normalized spacial score (nSPS) is 11.7. The van der Waals surface area contributed by atoms with E-state index >= 15 is 0 Å². The first-order valence-corrected chi connectivity index (χ1v) is 8.37. The maximum absolute atomic E-state index is 5.35. The topological polar surface area (TPSA) is 12.5 Å². The third-order valence-electron chi connectivity index (χ3n) is 3.68. The van der Waals surface area contributed by atoms with E-state index in [1.807, 2.05) is 6.07 Å². The molecule has 0 unspecified atom stereocenters. The number of rotatable bonds is 8. The van der Waals surface area contributed by atoms with Crippen LogP contribution in [0.3, 0.4) is 0 Å². The average molecular weight is 342 g/mol. The first kappa shape index (κ1) is 17.5. The molecule has 1 rings (SSSR count). The molecule has 0 heterocycles. The fourth-order valence-corrected chi connectivity index (χ4v) is 3.01. The first-order chi connectivity index (χ1) is 9.51. The van der Waals surface area contributed by atoms with Gasteiger partial charge in [-0.2, -0.15) is 0 Å². The van der Waals surface area contributed by atoms with E-state index in [1.165, 1.54) is 18.4 Å². The predicted molar refractivity (Wildman–Crippen MR) is 90.3 cm³/mol. The van der Waals surface area contributed by atoms with Crippen LogP contribution in [-0.4, -0.2) is 24.6 Å². The largest absolute Gasteiger partial charge is 0.497 e. The molecule has 0 atom stereocenters. The zero-order chi connectivity index (χ0) is 15.1. The molecule has 20 heavy (non-hydrogen) atoms. The summed E-state index contributed by atoms with van der Waals surface area (Å²) in [5, 5.41) is 0. The molecule has 0 aliphatic heterocycles. The van der Waals surface area contributed by atoms with Gasteiger partial charge in [-0.1, -0.05) is 43.6 Å². The summed E-state index contributed by atoms with van der Waals surface area (Å²) < 4.78 is 6.51. The molecule has 0 amide bonds. The van der Waals surface area contributed by atoms with Gasteiger partial charge in [0.05, 0.1) is 7.11 Å². The second-order valence-electron chi connectivity index (χ2n) is 5.75. The van der Waals surface area contributed by atoms with E-state index in [4.69, 9.17) is 4.74 Å². The molecule has 3 heteroatoms. The number of hydrogen-bond acceptors (Lipinski definition) is 2. The van der Waals surface area contributed by atoms with Crippen molar-refractivity contribution < 1.29 is 4.74 Å². The quantitative estimate of drug-likeness (QED) is 0.651. The summed E-state index contributed by atoms with van der Waals surface area (Å²) in [7, 11) is 1.72. The van der Waals surface area contributed by atoms with Crippen molar-refractivity contribution in [2.45, 2.75) is 53.1 Å². The highest BCUT2D eigenvalue weighted by atomic mass is 79.9. The van der Waals surface area contributed by atoms with Gasteiger partial charge in [0.15, 0.2) is 0 Å². The van der Waals surface area contributed by atoms with Crippen LogP contribution in [0.2, 0.25) is 0 Å². The molecule has 0 aliphatic rings. The van der Waals surface area contributed by atoms with Crippen molar-refractivity contribution in [2.75, 3.05) is 13.7 Å². The lowest BCUT2D eigenvalue weighted by atomic mass is 10.1. The molecule has 114 valence electrons. The number of ether oxygens (including phenoxy) is 1. The maximum Gasteiger partial charge on any atom is 0.119 e. The molecular formula is C17H28BrNO. The Hall–Kier alpha value is -0.540.